The lowest BCUT2D eigenvalue weighted by molar-refractivity contribution is 0.232. The molecule has 3 unspecified atom stereocenters. The summed E-state index contributed by atoms with van der Waals surface area (Å²) < 4.78 is 0. The Morgan fingerprint density at radius 3 is 3.21 bits per heavy atom. The summed E-state index contributed by atoms with van der Waals surface area (Å²) in [5, 5.41) is 14.1. The van der Waals surface area contributed by atoms with Crippen molar-refractivity contribution in [2.75, 3.05) is 13.2 Å². The molecule has 2 rings (SSSR count). The van der Waals surface area contributed by atoms with E-state index in [4.69, 9.17) is 0 Å². The van der Waals surface area contributed by atoms with E-state index in [9.17, 15) is 5.11 Å². The third-order valence-electron chi connectivity index (χ3n) is 2.86. The molecule has 1 saturated heterocycles. The lowest BCUT2D eigenvalue weighted by atomic mass is 10.1. The van der Waals surface area contributed by atoms with Gasteiger partial charge in [0.05, 0.1) is 6.54 Å². The highest BCUT2D eigenvalue weighted by Crippen LogP contribution is 2.39. The summed E-state index contributed by atoms with van der Waals surface area (Å²) in [6.07, 6.45) is 4.10. The van der Waals surface area contributed by atoms with Crippen molar-refractivity contribution in [1.29, 1.82) is 0 Å². The van der Waals surface area contributed by atoms with Gasteiger partial charge < -0.3 is 10.4 Å². The molecule has 0 radical (unpaired) electrons. The van der Waals surface area contributed by atoms with Crippen LogP contribution in [0.2, 0.25) is 0 Å². The molecule has 2 aliphatic rings. The van der Waals surface area contributed by atoms with Crippen LogP contribution in [-0.2, 0) is 0 Å². The summed E-state index contributed by atoms with van der Waals surface area (Å²) in [7, 11) is 0. The number of hydrogen-bond donors (Lipinski definition) is 2. The van der Waals surface area contributed by atoms with Crippen molar-refractivity contribution in [2.24, 2.45) is 10.9 Å². The molecular weight excluding hydrogens is 196 g/mol. The van der Waals surface area contributed by atoms with Crippen LogP contribution in [0.15, 0.2) is 17.6 Å². The number of hydrogen-bond acceptors (Lipinski definition) is 3. The van der Waals surface area contributed by atoms with E-state index >= 15 is 0 Å². The highest BCUT2D eigenvalue weighted by molar-refractivity contribution is 8.14. The monoisotopic (exact) mass is 212 g/mol. The number of rotatable bonds is 3. The lowest BCUT2D eigenvalue weighted by Gasteiger charge is -2.12. The standard InChI is InChI=1S/C10H16N2OS/c1-2-5-11-10-12-8-4-3-7(6-13)9(8)14-10/h2,7-9,13H,1,3-6H2,(H,11,12). The number of aliphatic hydroxyl groups is 1. The van der Waals surface area contributed by atoms with Crippen LogP contribution in [0.1, 0.15) is 12.8 Å². The molecule has 0 amide bonds. The summed E-state index contributed by atoms with van der Waals surface area (Å²) in [5.74, 6) is 0.453. The Morgan fingerprint density at radius 2 is 2.50 bits per heavy atom. The topological polar surface area (TPSA) is 44.6 Å². The van der Waals surface area contributed by atoms with E-state index in [1.165, 1.54) is 0 Å². The molecule has 2 fully saturated rings. The van der Waals surface area contributed by atoms with Crippen LogP contribution >= 0.6 is 11.8 Å². The zero-order valence-corrected chi connectivity index (χ0v) is 8.96. The van der Waals surface area contributed by atoms with E-state index in [1.54, 1.807) is 17.8 Å². The van der Waals surface area contributed by atoms with Gasteiger partial charge in [-0.1, -0.05) is 17.8 Å². The molecule has 1 saturated carbocycles. The fraction of sp³-hybridized carbons (Fsp3) is 0.700. The second-order valence-corrected chi connectivity index (χ2v) is 4.95. The van der Waals surface area contributed by atoms with Crippen molar-refractivity contribution in [2.45, 2.75) is 24.1 Å². The van der Waals surface area contributed by atoms with Crippen molar-refractivity contribution in [3.63, 3.8) is 0 Å². The highest BCUT2D eigenvalue weighted by Gasteiger charge is 2.42. The van der Waals surface area contributed by atoms with Crippen molar-refractivity contribution in [3.05, 3.63) is 12.7 Å². The second-order valence-electron chi connectivity index (χ2n) is 3.79. The number of aliphatic imine (C=N–C) groups is 1. The zero-order valence-electron chi connectivity index (χ0n) is 8.15. The first-order chi connectivity index (χ1) is 6.85. The van der Waals surface area contributed by atoms with Gasteiger partial charge in [-0.05, 0) is 18.8 Å². The van der Waals surface area contributed by atoms with Gasteiger partial charge in [0, 0.05) is 17.9 Å². The Morgan fingerprint density at radius 1 is 1.64 bits per heavy atom. The largest absolute Gasteiger partial charge is 0.396 e. The number of fused-ring (bicyclic) bond motifs is 1. The molecule has 3 atom stereocenters. The van der Waals surface area contributed by atoms with Gasteiger partial charge in [0.15, 0.2) is 5.17 Å². The van der Waals surface area contributed by atoms with Crippen molar-refractivity contribution >= 4 is 16.9 Å². The second kappa shape index (κ2) is 4.36. The lowest BCUT2D eigenvalue weighted by Crippen LogP contribution is -2.29. The summed E-state index contributed by atoms with van der Waals surface area (Å²) >= 11 is 1.78. The van der Waals surface area contributed by atoms with Gasteiger partial charge >= 0.3 is 0 Å². The van der Waals surface area contributed by atoms with Gasteiger partial charge in [-0.2, -0.15) is 0 Å². The van der Waals surface area contributed by atoms with Crippen LogP contribution in [0, 0.1) is 5.92 Å². The Hall–Kier alpha value is -0.480. The molecule has 2 N–H and O–H groups in total. The minimum Gasteiger partial charge on any atom is -0.396 e. The SMILES string of the molecule is C=CCN=C1NC2CCC(CO)C2S1. The summed E-state index contributed by atoms with van der Waals surface area (Å²) in [5.41, 5.74) is 0. The van der Waals surface area contributed by atoms with Crippen LogP contribution < -0.4 is 5.32 Å². The molecular formula is C10H16N2OS. The maximum atomic E-state index is 9.18. The van der Waals surface area contributed by atoms with E-state index < -0.39 is 0 Å². The average Bonchev–Trinajstić information content (AvgIpc) is 2.73. The Bertz CT molecular complexity index is 255. The highest BCUT2D eigenvalue weighted by atomic mass is 32.2. The van der Waals surface area contributed by atoms with Crippen LogP contribution in [0.3, 0.4) is 0 Å². The maximum Gasteiger partial charge on any atom is 0.157 e. The van der Waals surface area contributed by atoms with Crippen LogP contribution in [-0.4, -0.2) is 34.7 Å². The minimum absolute atomic E-state index is 0.310. The first-order valence-corrected chi connectivity index (χ1v) is 5.92. The van der Waals surface area contributed by atoms with Crippen molar-refractivity contribution in [3.8, 4) is 0 Å². The first kappa shape index (κ1) is 10.1. The smallest absolute Gasteiger partial charge is 0.157 e. The number of aliphatic hydroxyl groups excluding tert-OH is 1. The molecule has 78 valence electrons. The van der Waals surface area contributed by atoms with Gasteiger partial charge in [-0.25, -0.2) is 0 Å². The van der Waals surface area contributed by atoms with E-state index in [2.05, 4.69) is 16.9 Å². The Kier molecular flexibility index (Phi) is 3.13. The molecule has 0 aromatic rings. The summed E-state index contributed by atoms with van der Waals surface area (Å²) in [6, 6.07) is 0.528. The van der Waals surface area contributed by atoms with Crippen LogP contribution in [0.5, 0.6) is 0 Å². The molecule has 3 nitrogen and oxygen atoms in total. The number of nitrogens with zero attached hydrogens (tertiary/aromatic N) is 1. The van der Waals surface area contributed by atoms with Crippen LogP contribution in [0.25, 0.3) is 0 Å². The Balaban J connectivity index is 1.97. The number of thioether (sulfide) groups is 1. The minimum atomic E-state index is 0.310. The number of amidine groups is 1. The summed E-state index contributed by atoms with van der Waals surface area (Å²) in [4.78, 5) is 4.36. The predicted molar refractivity (Wildman–Crippen MR) is 60.6 cm³/mol. The van der Waals surface area contributed by atoms with Gasteiger partial charge in [0.2, 0.25) is 0 Å². The normalized spacial score (nSPS) is 38.4. The van der Waals surface area contributed by atoms with E-state index in [0.717, 1.165) is 18.0 Å². The molecule has 0 bridgehead atoms. The van der Waals surface area contributed by atoms with Gasteiger partial charge in [-0.15, -0.1) is 6.58 Å². The van der Waals surface area contributed by atoms with E-state index in [0.29, 0.717) is 30.4 Å². The fourth-order valence-electron chi connectivity index (χ4n) is 2.13. The van der Waals surface area contributed by atoms with Gasteiger partial charge in [-0.3, -0.25) is 4.99 Å². The number of nitrogens with one attached hydrogen (secondary N) is 1. The van der Waals surface area contributed by atoms with Crippen molar-refractivity contribution < 1.29 is 5.11 Å². The predicted octanol–water partition coefficient (Wildman–Crippen LogP) is 1.00. The van der Waals surface area contributed by atoms with Crippen LogP contribution in [0.4, 0.5) is 0 Å². The van der Waals surface area contributed by atoms with Crippen molar-refractivity contribution in [1.82, 2.24) is 5.32 Å². The third kappa shape index (κ3) is 1.81. The molecule has 0 aromatic carbocycles. The molecule has 0 spiro atoms. The maximum absolute atomic E-state index is 9.18. The van der Waals surface area contributed by atoms with Gasteiger partial charge in [0.1, 0.15) is 0 Å². The molecule has 14 heavy (non-hydrogen) atoms. The molecule has 4 heteroatoms. The third-order valence-corrected chi connectivity index (χ3v) is 4.32. The Labute approximate surface area is 88.7 Å². The zero-order chi connectivity index (χ0) is 9.97. The first-order valence-electron chi connectivity index (χ1n) is 5.04. The summed E-state index contributed by atoms with van der Waals surface area (Å²) in [6.45, 7) is 4.63. The molecule has 1 aliphatic carbocycles. The average molecular weight is 212 g/mol. The fourth-order valence-corrected chi connectivity index (χ4v) is 3.54. The molecule has 0 aromatic heterocycles. The van der Waals surface area contributed by atoms with E-state index in [1.807, 2.05) is 0 Å². The van der Waals surface area contributed by atoms with Gasteiger partial charge in [0.25, 0.3) is 0 Å². The molecule has 1 aliphatic heterocycles. The molecule has 1 heterocycles. The van der Waals surface area contributed by atoms with E-state index in [-0.39, 0.29) is 0 Å². The quantitative estimate of drug-likeness (QED) is 0.686.